The average Bonchev–Trinajstić information content (AvgIpc) is 3.35. The Bertz CT molecular complexity index is 747. The van der Waals surface area contributed by atoms with E-state index in [-0.39, 0.29) is 11.8 Å². The van der Waals surface area contributed by atoms with Crippen molar-refractivity contribution in [1.29, 1.82) is 0 Å². The number of nitrogens with one attached hydrogen (secondary N) is 2. The van der Waals surface area contributed by atoms with E-state index in [1.54, 1.807) is 0 Å². The fourth-order valence-corrected chi connectivity index (χ4v) is 4.39. The Labute approximate surface area is 166 Å². The predicted molar refractivity (Wildman–Crippen MR) is 109 cm³/mol. The number of para-hydroxylation sites is 1. The van der Waals surface area contributed by atoms with Crippen LogP contribution in [0.3, 0.4) is 0 Å². The summed E-state index contributed by atoms with van der Waals surface area (Å²) in [6, 6.07) is 9.23. The maximum atomic E-state index is 12.2. The number of carbonyl (C=O) groups excluding carboxylic acids is 2. The van der Waals surface area contributed by atoms with Crippen LogP contribution in [0.2, 0.25) is 0 Å². The molecule has 9 heteroatoms. The number of benzene rings is 1. The molecule has 0 saturated carbocycles. The maximum absolute atomic E-state index is 12.2. The number of thioether (sulfide) groups is 1. The molecule has 0 aliphatic carbocycles. The zero-order chi connectivity index (χ0) is 18.9. The summed E-state index contributed by atoms with van der Waals surface area (Å²) in [6.45, 7) is 3.90. The van der Waals surface area contributed by atoms with E-state index in [2.05, 4.69) is 25.7 Å². The Morgan fingerprint density at radius 2 is 1.93 bits per heavy atom. The molecule has 0 bridgehead atoms. The van der Waals surface area contributed by atoms with Crippen molar-refractivity contribution in [2.24, 2.45) is 0 Å². The van der Waals surface area contributed by atoms with E-state index in [1.807, 2.05) is 30.3 Å². The van der Waals surface area contributed by atoms with Crippen molar-refractivity contribution in [3.63, 3.8) is 0 Å². The highest BCUT2D eigenvalue weighted by Crippen LogP contribution is 2.18. The van der Waals surface area contributed by atoms with E-state index in [0.717, 1.165) is 30.3 Å². The Balaban J connectivity index is 1.34. The summed E-state index contributed by atoms with van der Waals surface area (Å²) in [7, 11) is 0. The van der Waals surface area contributed by atoms with Gasteiger partial charge in [0.1, 0.15) is 5.01 Å². The maximum Gasteiger partial charge on any atom is 0.286 e. The van der Waals surface area contributed by atoms with Crippen LogP contribution in [-0.4, -0.2) is 58.8 Å². The lowest BCUT2D eigenvalue weighted by molar-refractivity contribution is -0.118. The molecule has 7 nitrogen and oxygen atoms in total. The van der Waals surface area contributed by atoms with Gasteiger partial charge in [0, 0.05) is 24.5 Å². The van der Waals surface area contributed by atoms with E-state index in [9.17, 15) is 9.59 Å². The number of likely N-dealkylation sites (tertiary alicyclic amines) is 1. The van der Waals surface area contributed by atoms with Crippen molar-refractivity contribution in [3.05, 3.63) is 40.3 Å². The minimum atomic E-state index is -0.269. The number of aromatic nitrogens is 2. The van der Waals surface area contributed by atoms with Gasteiger partial charge in [-0.3, -0.25) is 9.59 Å². The molecule has 0 atom stereocenters. The molecule has 0 radical (unpaired) electrons. The fourth-order valence-electron chi connectivity index (χ4n) is 2.75. The Hall–Kier alpha value is -1.97. The van der Waals surface area contributed by atoms with Crippen LogP contribution in [0.5, 0.6) is 0 Å². The van der Waals surface area contributed by atoms with Gasteiger partial charge in [-0.2, -0.15) is 0 Å². The average molecular weight is 406 g/mol. The first-order valence-corrected chi connectivity index (χ1v) is 10.9. The molecular weight excluding hydrogens is 382 g/mol. The minimum Gasteiger partial charge on any atom is -0.354 e. The van der Waals surface area contributed by atoms with Crippen LogP contribution in [0, 0.1) is 0 Å². The van der Waals surface area contributed by atoms with Crippen LogP contribution in [0.15, 0.2) is 30.3 Å². The summed E-state index contributed by atoms with van der Waals surface area (Å²) in [6.07, 6.45) is 2.52. The molecule has 0 spiro atoms. The molecule has 2 aromatic rings. The van der Waals surface area contributed by atoms with Crippen molar-refractivity contribution in [1.82, 2.24) is 20.4 Å². The topological polar surface area (TPSA) is 87.2 Å². The summed E-state index contributed by atoms with van der Waals surface area (Å²) < 4.78 is 0. The Morgan fingerprint density at radius 3 is 2.70 bits per heavy atom. The molecule has 27 heavy (non-hydrogen) atoms. The third-order valence-corrected chi connectivity index (χ3v) is 6.15. The number of hydrogen-bond donors (Lipinski definition) is 2. The van der Waals surface area contributed by atoms with Crippen LogP contribution in [0.25, 0.3) is 0 Å². The third-order valence-electron chi connectivity index (χ3n) is 4.10. The number of carbonyl (C=O) groups is 2. The molecule has 1 saturated heterocycles. The molecule has 1 aliphatic heterocycles. The van der Waals surface area contributed by atoms with Crippen molar-refractivity contribution >= 4 is 40.6 Å². The second-order valence-corrected chi connectivity index (χ2v) is 8.26. The molecule has 0 unspecified atom stereocenters. The molecule has 3 rings (SSSR count). The first-order chi connectivity index (χ1) is 13.2. The Morgan fingerprint density at radius 1 is 1.15 bits per heavy atom. The lowest BCUT2D eigenvalue weighted by Gasteiger charge is -2.14. The number of rotatable bonds is 9. The molecular formula is C18H23N5O2S2. The smallest absolute Gasteiger partial charge is 0.286 e. The second kappa shape index (κ2) is 10.4. The van der Waals surface area contributed by atoms with Gasteiger partial charge in [0.05, 0.1) is 5.75 Å². The van der Waals surface area contributed by atoms with Crippen molar-refractivity contribution < 1.29 is 9.59 Å². The highest BCUT2D eigenvalue weighted by molar-refractivity contribution is 7.99. The van der Waals surface area contributed by atoms with Crippen molar-refractivity contribution in [2.75, 3.05) is 37.2 Å². The lowest BCUT2D eigenvalue weighted by Crippen LogP contribution is -2.34. The summed E-state index contributed by atoms with van der Waals surface area (Å²) >= 11 is 2.73. The fraction of sp³-hybridized carbons (Fsp3) is 0.444. The van der Waals surface area contributed by atoms with Crippen LogP contribution in [0.1, 0.15) is 27.7 Å². The quantitative estimate of drug-likeness (QED) is 0.665. The number of hydrogen-bond acceptors (Lipinski definition) is 7. The molecule has 1 aromatic heterocycles. The summed E-state index contributed by atoms with van der Waals surface area (Å²) in [5, 5.41) is 14.8. The highest BCUT2D eigenvalue weighted by atomic mass is 32.2. The molecule has 1 aliphatic rings. The largest absolute Gasteiger partial charge is 0.354 e. The van der Waals surface area contributed by atoms with Gasteiger partial charge in [-0.1, -0.05) is 29.5 Å². The minimum absolute atomic E-state index is 0.0331. The first kappa shape index (κ1) is 19.8. The van der Waals surface area contributed by atoms with Gasteiger partial charge in [-0.05, 0) is 38.1 Å². The van der Waals surface area contributed by atoms with Crippen LogP contribution in [-0.2, 0) is 10.5 Å². The normalized spacial score (nSPS) is 14.2. The summed E-state index contributed by atoms with van der Waals surface area (Å²) in [5.74, 6) is 0.710. The molecule has 144 valence electrons. The van der Waals surface area contributed by atoms with E-state index in [4.69, 9.17) is 0 Å². The zero-order valence-corrected chi connectivity index (χ0v) is 16.7. The van der Waals surface area contributed by atoms with Crippen molar-refractivity contribution in [3.8, 4) is 0 Å². The SMILES string of the molecule is O=C(CSCc1nnc(C(=O)Nc2ccccc2)s1)NCCN1CCCC1. The van der Waals surface area contributed by atoms with Crippen LogP contribution >= 0.6 is 23.1 Å². The highest BCUT2D eigenvalue weighted by Gasteiger charge is 2.14. The standard InChI is InChI=1S/C18H23N5O2S2/c24-15(19-8-11-23-9-4-5-10-23)12-26-13-16-21-22-18(27-16)17(25)20-14-6-2-1-3-7-14/h1-3,6-7H,4-5,8-13H2,(H,19,24)(H,20,25). The van der Waals surface area contributed by atoms with Crippen molar-refractivity contribution in [2.45, 2.75) is 18.6 Å². The van der Waals surface area contributed by atoms with Gasteiger partial charge in [0.25, 0.3) is 5.91 Å². The van der Waals surface area contributed by atoms with Crippen LogP contribution < -0.4 is 10.6 Å². The van der Waals surface area contributed by atoms with E-state index >= 15 is 0 Å². The van der Waals surface area contributed by atoms with E-state index in [0.29, 0.717) is 23.1 Å². The van der Waals surface area contributed by atoms with Gasteiger partial charge in [0.2, 0.25) is 10.9 Å². The van der Waals surface area contributed by atoms with E-state index in [1.165, 1.54) is 35.9 Å². The van der Waals surface area contributed by atoms with Crippen LogP contribution in [0.4, 0.5) is 5.69 Å². The van der Waals surface area contributed by atoms with Gasteiger partial charge >= 0.3 is 0 Å². The zero-order valence-electron chi connectivity index (χ0n) is 15.0. The second-order valence-electron chi connectivity index (χ2n) is 6.21. The van der Waals surface area contributed by atoms with E-state index < -0.39 is 0 Å². The number of anilines is 1. The summed E-state index contributed by atoms with van der Waals surface area (Å²) in [5.41, 5.74) is 0.722. The van der Waals surface area contributed by atoms with Gasteiger partial charge in [-0.25, -0.2) is 0 Å². The van der Waals surface area contributed by atoms with Gasteiger partial charge in [0.15, 0.2) is 0 Å². The predicted octanol–water partition coefficient (Wildman–Crippen LogP) is 2.24. The number of nitrogens with zero attached hydrogens (tertiary/aromatic N) is 3. The molecule has 2 N–H and O–H groups in total. The monoisotopic (exact) mass is 405 g/mol. The number of amides is 2. The molecule has 1 fully saturated rings. The third kappa shape index (κ3) is 6.60. The molecule has 2 amide bonds. The molecule has 1 aromatic carbocycles. The lowest BCUT2D eigenvalue weighted by atomic mass is 10.3. The Kier molecular flexibility index (Phi) is 7.61. The molecule has 2 heterocycles. The summed E-state index contributed by atoms with van der Waals surface area (Å²) in [4.78, 5) is 26.4. The van der Waals surface area contributed by atoms with Gasteiger partial charge in [-0.15, -0.1) is 22.0 Å². The first-order valence-electron chi connectivity index (χ1n) is 8.96. The van der Waals surface area contributed by atoms with Gasteiger partial charge < -0.3 is 15.5 Å².